The van der Waals surface area contributed by atoms with Crippen LogP contribution < -0.4 is 0 Å². The molecule has 0 radical (unpaired) electrons. The normalized spacial score (nSPS) is 10.3. The lowest BCUT2D eigenvalue weighted by molar-refractivity contribution is 0.562. The molecule has 0 aliphatic heterocycles. The third-order valence-electron chi connectivity index (χ3n) is 1.49. The molecular weight excluding hydrogens is 235 g/mol. The molecule has 0 fully saturated rings. The van der Waals surface area contributed by atoms with Crippen molar-refractivity contribution < 1.29 is 4.79 Å². The van der Waals surface area contributed by atoms with Crippen LogP contribution in [0.5, 0.6) is 0 Å². The number of rotatable bonds is 3. The lowest BCUT2D eigenvalue weighted by atomic mass is 10.1. The SMILES string of the molecule is ClCCl.N=CC(N=C=O)c1ccccc1. The fourth-order valence-corrected chi connectivity index (χ4v) is 0.915. The topological polar surface area (TPSA) is 53.3 Å². The maximum absolute atomic E-state index is 9.95. The zero-order chi connectivity index (χ0) is 11.5. The number of hydrogen-bond donors (Lipinski definition) is 1. The van der Waals surface area contributed by atoms with Crippen molar-refractivity contribution in [3.63, 3.8) is 0 Å². The lowest BCUT2D eigenvalue weighted by Crippen LogP contribution is -1.94. The predicted molar refractivity (Wildman–Crippen MR) is 62.7 cm³/mol. The zero-order valence-corrected chi connectivity index (χ0v) is 9.37. The first-order valence-electron chi connectivity index (χ1n) is 4.04. The Morgan fingerprint density at radius 3 is 2.33 bits per heavy atom. The molecule has 5 heteroatoms. The van der Waals surface area contributed by atoms with Crippen LogP contribution in [0.15, 0.2) is 35.3 Å². The Balaban J connectivity index is 0.000000583. The summed E-state index contributed by atoms with van der Waals surface area (Å²) in [6.45, 7) is 0. The van der Waals surface area contributed by atoms with E-state index in [0.29, 0.717) is 0 Å². The molecule has 1 N–H and O–H groups in total. The number of isocyanates is 1. The van der Waals surface area contributed by atoms with Crippen molar-refractivity contribution >= 4 is 35.5 Å². The van der Waals surface area contributed by atoms with E-state index < -0.39 is 6.04 Å². The van der Waals surface area contributed by atoms with Crippen LogP contribution in [0.25, 0.3) is 0 Å². The summed E-state index contributed by atoms with van der Waals surface area (Å²) in [5.74, 6) is 0. The van der Waals surface area contributed by atoms with Gasteiger partial charge in [-0.15, -0.1) is 23.2 Å². The van der Waals surface area contributed by atoms with Crippen LogP contribution in [0.3, 0.4) is 0 Å². The summed E-state index contributed by atoms with van der Waals surface area (Å²) in [7, 11) is 0. The molecule has 0 heterocycles. The molecule has 1 atom stereocenters. The van der Waals surface area contributed by atoms with E-state index in [1.54, 1.807) is 0 Å². The molecule has 0 aliphatic carbocycles. The van der Waals surface area contributed by atoms with Gasteiger partial charge >= 0.3 is 0 Å². The Kier molecular flexibility index (Phi) is 8.69. The van der Waals surface area contributed by atoms with Gasteiger partial charge in [-0.2, -0.15) is 4.99 Å². The maximum atomic E-state index is 9.95. The van der Waals surface area contributed by atoms with E-state index in [4.69, 9.17) is 28.6 Å². The minimum atomic E-state index is -0.483. The van der Waals surface area contributed by atoms with Crippen LogP contribution in [0.1, 0.15) is 11.6 Å². The third-order valence-corrected chi connectivity index (χ3v) is 1.49. The van der Waals surface area contributed by atoms with E-state index in [9.17, 15) is 4.79 Å². The van der Waals surface area contributed by atoms with Crippen LogP contribution in [-0.2, 0) is 4.79 Å². The van der Waals surface area contributed by atoms with Gasteiger partial charge in [0.05, 0.1) is 5.34 Å². The highest BCUT2D eigenvalue weighted by atomic mass is 35.5. The smallest absolute Gasteiger partial charge is 0.235 e. The Morgan fingerprint density at radius 1 is 1.40 bits per heavy atom. The van der Waals surface area contributed by atoms with Crippen LogP contribution in [0.2, 0.25) is 0 Å². The van der Waals surface area contributed by atoms with E-state index in [2.05, 4.69) is 4.99 Å². The summed E-state index contributed by atoms with van der Waals surface area (Å²) in [5, 5.41) is 7.20. The first kappa shape index (κ1) is 13.8. The van der Waals surface area contributed by atoms with Gasteiger partial charge in [0, 0.05) is 6.21 Å². The van der Waals surface area contributed by atoms with Crippen molar-refractivity contribution in [2.45, 2.75) is 6.04 Å². The van der Waals surface area contributed by atoms with Crippen LogP contribution in [0, 0.1) is 5.41 Å². The summed E-state index contributed by atoms with van der Waals surface area (Å²) < 4.78 is 0. The monoisotopic (exact) mass is 244 g/mol. The first-order valence-corrected chi connectivity index (χ1v) is 5.11. The number of alkyl halides is 2. The molecule has 0 bridgehead atoms. The van der Waals surface area contributed by atoms with Gasteiger partial charge in [-0.3, -0.25) is 0 Å². The molecule has 15 heavy (non-hydrogen) atoms. The Morgan fingerprint density at radius 2 is 1.93 bits per heavy atom. The van der Waals surface area contributed by atoms with Crippen molar-refractivity contribution in [3.8, 4) is 0 Å². The van der Waals surface area contributed by atoms with Crippen molar-refractivity contribution in [2.75, 3.05) is 5.34 Å². The average molecular weight is 245 g/mol. The minimum Gasteiger partial charge on any atom is -0.310 e. The molecule has 0 saturated heterocycles. The van der Waals surface area contributed by atoms with E-state index >= 15 is 0 Å². The number of halogens is 2. The summed E-state index contributed by atoms with van der Waals surface area (Å²) in [5.41, 5.74) is 0.829. The van der Waals surface area contributed by atoms with Gasteiger partial charge in [0.2, 0.25) is 6.08 Å². The van der Waals surface area contributed by atoms with Gasteiger partial charge in [-0.1, -0.05) is 30.3 Å². The highest BCUT2D eigenvalue weighted by Gasteiger charge is 2.03. The minimum absolute atomic E-state index is 0.194. The van der Waals surface area contributed by atoms with Gasteiger partial charge in [0.15, 0.2) is 0 Å². The van der Waals surface area contributed by atoms with E-state index in [1.807, 2.05) is 30.3 Å². The molecule has 0 aromatic heterocycles. The Hall–Kier alpha value is -1.15. The highest BCUT2D eigenvalue weighted by Crippen LogP contribution is 2.12. The second kappa shape index (κ2) is 9.41. The molecular formula is C10H10Cl2N2O. The molecule has 80 valence electrons. The molecule has 0 aliphatic rings. The maximum Gasteiger partial charge on any atom is 0.235 e. The number of hydrogen-bond acceptors (Lipinski definition) is 3. The zero-order valence-electron chi connectivity index (χ0n) is 7.86. The largest absolute Gasteiger partial charge is 0.310 e. The third kappa shape index (κ3) is 6.02. The standard InChI is InChI=1S/C9H8N2O.CH2Cl2/c10-6-9(11-7-12)8-4-2-1-3-5-8;2-1-3/h1-6,9-10H;1H2. The molecule has 0 spiro atoms. The fraction of sp³-hybridized carbons (Fsp3) is 0.200. The predicted octanol–water partition coefficient (Wildman–Crippen LogP) is 3.13. The number of benzene rings is 1. The number of carbonyl (C=O) groups excluding carboxylic acids is 1. The average Bonchev–Trinajstić information content (AvgIpc) is 2.28. The number of nitrogens with one attached hydrogen (secondary N) is 1. The van der Waals surface area contributed by atoms with Crippen LogP contribution in [0.4, 0.5) is 0 Å². The van der Waals surface area contributed by atoms with Gasteiger partial charge in [-0.25, -0.2) is 4.79 Å². The molecule has 1 aromatic rings. The fourth-order valence-electron chi connectivity index (χ4n) is 0.915. The van der Waals surface area contributed by atoms with Crippen molar-refractivity contribution in [2.24, 2.45) is 4.99 Å². The molecule has 1 aromatic carbocycles. The van der Waals surface area contributed by atoms with Crippen LogP contribution >= 0.6 is 23.2 Å². The molecule has 0 amide bonds. The molecule has 3 nitrogen and oxygen atoms in total. The second-order valence-corrected chi connectivity index (χ2v) is 3.15. The highest BCUT2D eigenvalue weighted by molar-refractivity contribution is 6.40. The Bertz CT molecular complexity index is 323. The van der Waals surface area contributed by atoms with Crippen molar-refractivity contribution in [3.05, 3.63) is 35.9 Å². The summed E-state index contributed by atoms with van der Waals surface area (Å²) in [6, 6.07) is 8.70. The number of aliphatic imine (C=N–C) groups is 1. The van der Waals surface area contributed by atoms with Crippen molar-refractivity contribution in [1.82, 2.24) is 0 Å². The first-order chi connectivity index (χ1) is 7.29. The summed E-state index contributed by atoms with van der Waals surface area (Å²) >= 11 is 9.53. The van der Waals surface area contributed by atoms with Gasteiger partial charge in [0.1, 0.15) is 6.04 Å². The van der Waals surface area contributed by atoms with E-state index in [1.165, 1.54) is 6.08 Å². The molecule has 1 rings (SSSR count). The summed E-state index contributed by atoms with van der Waals surface area (Å²) in [4.78, 5) is 13.4. The van der Waals surface area contributed by atoms with E-state index in [-0.39, 0.29) is 5.34 Å². The summed E-state index contributed by atoms with van der Waals surface area (Å²) in [6.07, 6.45) is 2.55. The number of nitrogens with zero attached hydrogens (tertiary/aromatic N) is 1. The van der Waals surface area contributed by atoms with Gasteiger partial charge in [-0.05, 0) is 5.56 Å². The quantitative estimate of drug-likeness (QED) is 0.496. The lowest BCUT2D eigenvalue weighted by Gasteiger charge is -2.02. The molecule has 1 unspecified atom stereocenters. The van der Waals surface area contributed by atoms with Crippen molar-refractivity contribution in [1.29, 1.82) is 5.41 Å². The Labute approximate surface area is 98.2 Å². The van der Waals surface area contributed by atoms with Gasteiger partial charge in [0.25, 0.3) is 0 Å². The van der Waals surface area contributed by atoms with E-state index in [0.717, 1.165) is 11.8 Å². The molecule has 0 saturated carbocycles. The second-order valence-electron chi connectivity index (χ2n) is 2.34. The van der Waals surface area contributed by atoms with Crippen LogP contribution in [-0.4, -0.2) is 17.6 Å². The van der Waals surface area contributed by atoms with Gasteiger partial charge < -0.3 is 5.41 Å².